The van der Waals surface area contributed by atoms with Gasteiger partial charge in [-0.25, -0.2) is 19.6 Å². The summed E-state index contributed by atoms with van der Waals surface area (Å²) < 4.78 is 0. The molecule has 0 saturated carbocycles. The molecule has 0 bridgehead atoms. The van der Waals surface area contributed by atoms with Crippen LogP contribution in [0.5, 0.6) is 0 Å². The first-order valence-corrected chi connectivity index (χ1v) is 1.97. The number of rotatable bonds is 0. The van der Waals surface area contributed by atoms with Gasteiger partial charge in [0, 0.05) is 0 Å². The summed E-state index contributed by atoms with van der Waals surface area (Å²) in [5, 5.41) is 0. The first-order chi connectivity index (χ1) is 5.41. The second-order valence-electron chi connectivity index (χ2n) is 0.289. The van der Waals surface area contributed by atoms with Crippen molar-refractivity contribution in [3.63, 3.8) is 0 Å². The van der Waals surface area contributed by atoms with Crippen LogP contribution in [0, 0.1) is 6.92 Å². The van der Waals surface area contributed by atoms with Gasteiger partial charge in [-0.05, 0) is 0 Å². The summed E-state index contributed by atoms with van der Waals surface area (Å²) in [5.74, 6) is 0. The molecule has 0 spiro atoms. The maximum absolute atomic E-state index is 8.00. The molecule has 0 rings (SSSR count). The molecule has 0 saturated heterocycles. The molecule has 0 N–H and O–H groups in total. The SMILES string of the molecule is C=C[CH2-].C=O.C=O.C=O.C=O.[Ru+]. The largest absolute Gasteiger partial charge is 1.00 e. The van der Waals surface area contributed by atoms with Crippen LogP contribution in [0.15, 0.2) is 12.7 Å². The van der Waals surface area contributed by atoms with Crippen LogP contribution in [-0.2, 0) is 38.7 Å². The van der Waals surface area contributed by atoms with Gasteiger partial charge in [0.1, 0.15) is 27.2 Å². The van der Waals surface area contributed by atoms with Crippen molar-refractivity contribution >= 4 is 27.2 Å². The van der Waals surface area contributed by atoms with E-state index in [1.165, 1.54) is 6.08 Å². The summed E-state index contributed by atoms with van der Waals surface area (Å²) in [6, 6.07) is 0. The maximum Gasteiger partial charge on any atom is 1.00 e. The standard InChI is InChI=1S/C3H5.4CH2O.Ru/c1-3-2;4*1-2;/h3H,1-2H2;4*1H2;/q-1;;;;;+1. The van der Waals surface area contributed by atoms with Crippen LogP contribution in [0.3, 0.4) is 0 Å². The molecule has 12 heavy (non-hydrogen) atoms. The van der Waals surface area contributed by atoms with E-state index in [1.807, 2.05) is 27.2 Å². The van der Waals surface area contributed by atoms with Gasteiger partial charge in [0.25, 0.3) is 0 Å². The first kappa shape index (κ1) is 44.4. The number of carbonyl (C=O) groups is 4. The number of hydrogen-bond acceptors (Lipinski definition) is 4. The average molecular weight is 262 g/mol. The molecule has 0 aliphatic rings. The molecule has 0 aromatic carbocycles. The van der Waals surface area contributed by atoms with Gasteiger partial charge >= 0.3 is 19.5 Å². The number of carbonyl (C=O) groups excluding carboxylic acids is 4. The van der Waals surface area contributed by atoms with Crippen molar-refractivity contribution in [2.24, 2.45) is 0 Å². The van der Waals surface area contributed by atoms with E-state index >= 15 is 0 Å². The van der Waals surface area contributed by atoms with E-state index in [4.69, 9.17) is 19.2 Å². The van der Waals surface area contributed by atoms with Crippen LogP contribution in [0.25, 0.3) is 0 Å². The molecule has 0 unspecified atom stereocenters. The van der Waals surface area contributed by atoms with Gasteiger partial charge < -0.3 is 19.2 Å². The van der Waals surface area contributed by atoms with Gasteiger partial charge in [-0.3, -0.25) is 0 Å². The smallest absolute Gasteiger partial charge is 0.307 e. The molecule has 0 aliphatic heterocycles. The Labute approximate surface area is 85.8 Å². The predicted octanol–water partition coefficient (Wildman–Crippen LogP) is 0.264. The summed E-state index contributed by atoms with van der Waals surface area (Å²) in [6.45, 7) is 14.5. The molecule has 0 aliphatic carbocycles. The molecule has 73 valence electrons. The molecule has 1 radical (unpaired) electrons. The van der Waals surface area contributed by atoms with Crippen molar-refractivity contribution in [1.29, 1.82) is 0 Å². The summed E-state index contributed by atoms with van der Waals surface area (Å²) in [7, 11) is 0. The Morgan fingerprint density at radius 2 is 0.750 bits per heavy atom. The topological polar surface area (TPSA) is 68.3 Å². The fraction of sp³-hybridized carbons (Fsp3) is 0. The molecule has 0 fully saturated rings. The monoisotopic (exact) mass is 263 g/mol. The van der Waals surface area contributed by atoms with Crippen LogP contribution >= 0.6 is 0 Å². The molecule has 5 heteroatoms. The zero-order valence-corrected chi connectivity index (χ0v) is 8.54. The Morgan fingerprint density at radius 3 is 0.750 bits per heavy atom. The predicted molar refractivity (Wildman–Crippen MR) is 44.0 cm³/mol. The van der Waals surface area contributed by atoms with Crippen LogP contribution in [0.2, 0.25) is 0 Å². The van der Waals surface area contributed by atoms with Crippen molar-refractivity contribution in [1.82, 2.24) is 0 Å². The summed E-state index contributed by atoms with van der Waals surface area (Å²) in [6.07, 6.45) is 1.50. The third kappa shape index (κ3) is 473. The minimum Gasteiger partial charge on any atom is -0.307 e. The average Bonchev–Trinajstić information content (AvgIpc) is 2.18. The molecule has 0 heterocycles. The maximum atomic E-state index is 8.00. The van der Waals surface area contributed by atoms with E-state index in [2.05, 4.69) is 13.5 Å². The van der Waals surface area contributed by atoms with Crippen molar-refractivity contribution in [3.05, 3.63) is 19.6 Å². The summed E-state index contributed by atoms with van der Waals surface area (Å²) >= 11 is 0. The Hall–Kier alpha value is -1.09. The summed E-state index contributed by atoms with van der Waals surface area (Å²) in [5.41, 5.74) is 0. The molecule has 0 aromatic heterocycles. The van der Waals surface area contributed by atoms with Gasteiger partial charge in [-0.1, -0.05) is 0 Å². The number of hydrogen-bond donors (Lipinski definition) is 0. The van der Waals surface area contributed by atoms with E-state index in [0.717, 1.165) is 0 Å². The third-order valence-corrected chi connectivity index (χ3v) is 0. The van der Waals surface area contributed by atoms with Gasteiger partial charge in [-0.2, -0.15) is 0 Å². The normalized spacial score (nSPS) is 2.33. The van der Waals surface area contributed by atoms with Crippen molar-refractivity contribution in [3.8, 4) is 0 Å². The van der Waals surface area contributed by atoms with E-state index in [9.17, 15) is 0 Å². The zero-order valence-electron chi connectivity index (χ0n) is 6.81. The van der Waals surface area contributed by atoms with Crippen molar-refractivity contribution < 1.29 is 38.7 Å². The Balaban J connectivity index is -0.00000000933. The second-order valence-corrected chi connectivity index (χ2v) is 0.289. The van der Waals surface area contributed by atoms with Crippen LogP contribution in [-0.4, -0.2) is 27.2 Å². The Kier molecular flexibility index (Phi) is 389000. The molecule has 0 amide bonds. The van der Waals surface area contributed by atoms with Gasteiger partial charge in [-0.15, -0.1) is 0 Å². The number of allylic oxidation sites excluding steroid dienone is 1. The summed E-state index contributed by atoms with van der Waals surface area (Å²) in [4.78, 5) is 32.0. The van der Waals surface area contributed by atoms with Crippen LogP contribution < -0.4 is 0 Å². The molecule has 4 nitrogen and oxygen atoms in total. The Morgan fingerprint density at radius 1 is 0.750 bits per heavy atom. The first-order valence-electron chi connectivity index (χ1n) is 1.97. The molecular formula is C7H13O4Ru. The van der Waals surface area contributed by atoms with E-state index in [-0.39, 0.29) is 19.5 Å². The minimum atomic E-state index is 0. The quantitative estimate of drug-likeness (QED) is 0.464. The molecule has 0 aromatic rings. The van der Waals surface area contributed by atoms with E-state index in [1.54, 1.807) is 0 Å². The van der Waals surface area contributed by atoms with Crippen molar-refractivity contribution in [2.75, 3.05) is 0 Å². The fourth-order valence-corrected chi connectivity index (χ4v) is 0. The zero-order chi connectivity index (χ0) is 10.7. The fourth-order valence-electron chi connectivity index (χ4n) is 0. The molecule has 0 atom stereocenters. The third-order valence-electron chi connectivity index (χ3n) is 0. The Bertz CT molecular complexity index is 44.7. The van der Waals surface area contributed by atoms with Crippen LogP contribution in [0.1, 0.15) is 0 Å². The minimum absolute atomic E-state index is 0. The van der Waals surface area contributed by atoms with Gasteiger partial charge in [0.05, 0.1) is 0 Å². The molecular weight excluding hydrogens is 249 g/mol. The van der Waals surface area contributed by atoms with E-state index in [0.29, 0.717) is 0 Å². The second kappa shape index (κ2) is 105000. The van der Waals surface area contributed by atoms with E-state index < -0.39 is 0 Å². The van der Waals surface area contributed by atoms with Gasteiger partial charge in [0.2, 0.25) is 0 Å². The van der Waals surface area contributed by atoms with Crippen LogP contribution in [0.4, 0.5) is 0 Å². The van der Waals surface area contributed by atoms with Crippen molar-refractivity contribution in [2.45, 2.75) is 0 Å². The van der Waals surface area contributed by atoms with Gasteiger partial charge in [0.15, 0.2) is 0 Å².